The number of rotatable bonds is 3. The monoisotopic (exact) mass is 358 g/mol. The van der Waals surface area contributed by atoms with E-state index in [0.717, 1.165) is 24.8 Å². The summed E-state index contributed by atoms with van der Waals surface area (Å²) in [5.41, 5.74) is 4.56. The van der Waals surface area contributed by atoms with Crippen LogP contribution in [0.5, 0.6) is 0 Å². The number of fused-ring (bicyclic) bond motifs is 3. The van der Waals surface area contributed by atoms with E-state index in [4.69, 9.17) is 0 Å². The first kappa shape index (κ1) is 17.6. The minimum absolute atomic E-state index is 0.263. The molecule has 0 fully saturated rings. The number of benzene rings is 2. The Hall–Kier alpha value is -1.77. The fraction of sp³-hybridized carbons (Fsp3) is 0.478. The highest BCUT2D eigenvalue weighted by Gasteiger charge is 2.40. The summed E-state index contributed by atoms with van der Waals surface area (Å²) in [7, 11) is 0. The van der Waals surface area contributed by atoms with E-state index < -0.39 is 18.3 Å². The minimum Gasteiger partial charge on any atom is -0.246 e. The van der Waals surface area contributed by atoms with Crippen molar-refractivity contribution >= 4 is 0 Å². The van der Waals surface area contributed by atoms with E-state index in [1.807, 2.05) is 6.07 Å². The van der Waals surface area contributed by atoms with Crippen molar-refractivity contribution in [1.29, 1.82) is 0 Å². The SMILES string of the molecule is CCCC1CCc2c(ccc3c2CC(F)C(c2ccc(F)cc2)C3F)C1. The van der Waals surface area contributed by atoms with Gasteiger partial charge in [-0.25, -0.2) is 13.2 Å². The lowest BCUT2D eigenvalue weighted by atomic mass is 9.72. The summed E-state index contributed by atoms with van der Waals surface area (Å²) in [6, 6.07) is 9.52. The van der Waals surface area contributed by atoms with Crippen LogP contribution in [0.1, 0.15) is 66.1 Å². The summed E-state index contributed by atoms with van der Waals surface area (Å²) in [6.45, 7) is 2.21. The third-order valence-electron chi connectivity index (χ3n) is 6.23. The van der Waals surface area contributed by atoms with Crippen LogP contribution in [0.2, 0.25) is 0 Å². The van der Waals surface area contributed by atoms with Crippen molar-refractivity contribution in [2.24, 2.45) is 5.92 Å². The van der Waals surface area contributed by atoms with E-state index in [0.29, 0.717) is 17.0 Å². The van der Waals surface area contributed by atoms with Gasteiger partial charge in [0.1, 0.15) is 18.2 Å². The summed E-state index contributed by atoms with van der Waals surface area (Å²) < 4.78 is 43.5. The number of halogens is 3. The van der Waals surface area contributed by atoms with E-state index in [2.05, 4.69) is 13.0 Å². The molecule has 0 saturated carbocycles. The summed E-state index contributed by atoms with van der Waals surface area (Å²) in [5, 5.41) is 0. The van der Waals surface area contributed by atoms with E-state index >= 15 is 4.39 Å². The van der Waals surface area contributed by atoms with Crippen molar-refractivity contribution in [1.82, 2.24) is 0 Å². The van der Waals surface area contributed by atoms with Gasteiger partial charge in [-0.15, -0.1) is 0 Å². The molecular weight excluding hydrogens is 333 g/mol. The molecule has 4 rings (SSSR count). The fourth-order valence-electron chi connectivity index (χ4n) is 4.94. The molecule has 2 aliphatic rings. The maximum Gasteiger partial charge on any atom is 0.135 e. The Morgan fingerprint density at radius 2 is 1.73 bits per heavy atom. The first-order chi connectivity index (χ1) is 12.6. The average Bonchev–Trinajstić information content (AvgIpc) is 2.63. The van der Waals surface area contributed by atoms with Gasteiger partial charge in [0.25, 0.3) is 0 Å². The van der Waals surface area contributed by atoms with Crippen LogP contribution in [0, 0.1) is 11.7 Å². The van der Waals surface area contributed by atoms with Crippen molar-refractivity contribution in [3.8, 4) is 0 Å². The molecule has 0 saturated heterocycles. The van der Waals surface area contributed by atoms with Crippen molar-refractivity contribution in [3.05, 3.63) is 70.0 Å². The molecule has 2 aliphatic carbocycles. The van der Waals surface area contributed by atoms with Gasteiger partial charge < -0.3 is 0 Å². The molecule has 0 aromatic heterocycles. The zero-order valence-electron chi connectivity index (χ0n) is 15.2. The molecule has 0 aliphatic heterocycles. The quantitative estimate of drug-likeness (QED) is 0.594. The van der Waals surface area contributed by atoms with E-state index in [1.54, 1.807) is 0 Å². The largest absolute Gasteiger partial charge is 0.246 e. The zero-order chi connectivity index (χ0) is 18.3. The van der Waals surface area contributed by atoms with E-state index in [-0.39, 0.29) is 12.2 Å². The molecule has 0 radical (unpaired) electrons. The second-order valence-electron chi connectivity index (χ2n) is 7.87. The van der Waals surface area contributed by atoms with Crippen LogP contribution >= 0.6 is 0 Å². The Morgan fingerprint density at radius 1 is 0.962 bits per heavy atom. The van der Waals surface area contributed by atoms with Gasteiger partial charge in [0.05, 0.1) is 5.92 Å². The second-order valence-corrected chi connectivity index (χ2v) is 7.87. The molecule has 0 nitrogen and oxygen atoms in total. The molecule has 138 valence electrons. The van der Waals surface area contributed by atoms with Crippen LogP contribution < -0.4 is 0 Å². The fourth-order valence-corrected chi connectivity index (χ4v) is 4.94. The van der Waals surface area contributed by atoms with Gasteiger partial charge in [0, 0.05) is 6.42 Å². The Morgan fingerprint density at radius 3 is 2.46 bits per heavy atom. The normalized spacial score (nSPS) is 27.7. The molecule has 2 aromatic carbocycles. The second kappa shape index (κ2) is 7.09. The highest BCUT2D eigenvalue weighted by Crippen LogP contribution is 2.47. The molecule has 2 aromatic rings. The van der Waals surface area contributed by atoms with Crippen LogP contribution in [0.4, 0.5) is 13.2 Å². The lowest BCUT2D eigenvalue weighted by Gasteiger charge is -2.35. The smallest absolute Gasteiger partial charge is 0.135 e. The Bertz CT molecular complexity index is 781. The van der Waals surface area contributed by atoms with Crippen molar-refractivity contribution in [3.63, 3.8) is 0 Å². The summed E-state index contributed by atoms with van der Waals surface area (Å²) >= 11 is 0. The highest BCUT2D eigenvalue weighted by molar-refractivity contribution is 5.47. The minimum atomic E-state index is -1.38. The molecule has 4 unspecified atom stereocenters. The molecule has 0 N–H and O–H groups in total. The van der Waals surface area contributed by atoms with Crippen molar-refractivity contribution in [2.75, 3.05) is 0 Å². The number of hydrogen-bond acceptors (Lipinski definition) is 0. The third kappa shape index (κ3) is 3.06. The van der Waals surface area contributed by atoms with E-state index in [9.17, 15) is 8.78 Å². The Labute approximate surface area is 153 Å². The third-order valence-corrected chi connectivity index (χ3v) is 6.23. The average molecular weight is 358 g/mol. The van der Waals surface area contributed by atoms with Gasteiger partial charge in [-0.1, -0.05) is 44.0 Å². The molecule has 0 spiro atoms. The van der Waals surface area contributed by atoms with Gasteiger partial charge in [-0.2, -0.15) is 0 Å². The van der Waals surface area contributed by atoms with Gasteiger partial charge in [-0.3, -0.25) is 0 Å². The molecular formula is C23H25F3. The topological polar surface area (TPSA) is 0 Å². The molecule has 0 amide bonds. The number of hydrogen-bond donors (Lipinski definition) is 0. The van der Waals surface area contributed by atoms with Gasteiger partial charge >= 0.3 is 0 Å². The lowest BCUT2D eigenvalue weighted by molar-refractivity contribution is 0.163. The van der Waals surface area contributed by atoms with Crippen LogP contribution in [0.25, 0.3) is 0 Å². The van der Waals surface area contributed by atoms with Crippen LogP contribution in [0.15, 0.2) is 36.4 Å². The Kier molecular flexibility index (Phi) is 4.81. The standard InChI is InChI=1S/C23H25F3/c1-2-3-14-4-10-18-16(12-14)7-11-19-20(18)13-21(25)22(23(19)26)15-5-8-17(24)9-6-15/h5-9,11,14,21-23H,2-4,10,12-13H2,1H3. The summed E-state index contributed by atoms with van der Waals surface area (Å²) in [5.74, 6) is -0.535. The molecule has 26 heavy (non-hydrogen) atoms. The van der Waals surface area contributed by atoms with Gasteiger partial charge in [0.15, 0.2) is 0 Å². The van der Waals surface area contributed by atoms with Crippen LogP contribution in [-0.4, -0.2) is 6.17 Å². The Balaban J connectivity index is 1.67. The van der Waals surface area contributed by atoms with Gasteiger partial charge in [-0.05, 0) is 65.1 Å². The summed E-state index contributed by atoms with van der Waals surface area (Å²) in [4.78, 5) is 0. The highest BCUT2D eigenvalue weighted by atomic mass is 19.1. The predicted octanol–water partition coefficient (Wildman–Crippen LogP) is 6.42. The van der Waals surface area contributed by atoms with Crippen molar-refractivity contribution in [2.45, 2.75) is 63.7 Å². The molecule has 0 bridgehead atoms. The molecule has 3 heteroatoms. The maximum absolute atomic E-state index is 15.3. The zero-order valence-corrected chi connectivity index (χ0v) is 15.2. The summed E-state index contributed by atoms with van der Waals surface area (Å²) in [6.07, 6.45) is 3.10. The first-order valence-electron chi connectivity index (χ1n) is 9.75. The predicted molar refractivity (Wildman–Crippen MR) is 98.5 cm³/mol. The lowest BCUT2D eigenvalue weighted by Crippen LogP contribution is -2.30. The maximum atomic E-state index is 15.3. The molecule has 4 atom stereocenters. The van der Waals surface area contributed by atoms with Crippen LogP contribution in [-0.2, 0) is 19.3 Å². The van der Waals surface area contributed by atoms with E-state index in [1.165, 1.54) is 48.2 Å². The first-order valence-corrected chi connectivity index (χ1v) is 9.75. The van der Waals surface area contributed by atoms with Crippen LogP contribution in [0.3, 0.4) is 0 Å². The molecule has 0 heterocycles. The number of alkyl halides is 2. The van der Waals surface area contributed by atoms with Crippen molar-refractivity contribution < 1.29 is 13.2 Å². The van der Waals surface area contributed by atoms with Gasteiger partial charge in [0.2, 0.25) is 0 Å².